The molecule has 0 atom stereocenters. The minimum absolute atomic E-state index is 0.0274. The first-order valence-electron chi connectivity index (χ1n) is 8.05. The van der Waals surface area contributed by atoms with Gasteiger partial charge in [-0.2, -0.15) is 0 Å². The zero-order chi connectivity index (χ0) is 17.8. The van der Waals surface area contributed by atoms with Crippen molar-refractivity contribution in [2.24, 2.45) is 0 Å². The quantitative estimate of drug-likeness (QED) is 0.548. The summed E-state index contributed by atoms with van der Waals surface area (Å²) < 4.78 is 48.8. The van der Waals surface area contributed by atoms with Gasteiger partial charge in [-0.3, -0.25) is 4.40 Å². The van der Waals surface area contributed by atoms with Crippen molar-refractivity contribution in [1.82, 2.24) is 19.6 Å². The van der Waals surface area contributed by atoms with Crippen LogP contribution >= 0.6 is 0 Å². The van der Waals surface area contributed by atoms with Crippen LogP contribution in [-0.2, 0) is 0 Å². The molecule has 3 aromatic heterocycles. The lowest BCUT2D eigenvalue weighted by Crippen LogP contribution is -1.96. The van der Waals surface area contributed by atoms with Crippen LogP contribution in [0.15, 0.2) is 41.3 Å². The number of halogens is 3. The molecule has 3 heterocycles. The predicted octanol–water partition coefficient (Wildman–Crippen LogP) is 4.35. The van der Waals surface area contributed by atoms with Crippen molar-refractivity contribution in [2.45, 2.75) is 18.8 Å². The highest BCUT2D eigenvalue weighted by Crippen LogP contribution is 2.40. The normalized spacial score (nSPS) is 14.3. The van der Waals surface area contributed by atoms with E-state index in [-0.39, 0.29) is 11.5 Å². The third-order valence-corrected chi connectivity index (χ3v) is 4.44. The first-order chi connectivity index (χ1) is 12.6. The van der Waals surface area contributed by atoms with Crippen LogP contribution in [0.2, 0.25) is 0 Å². The molecule has 5 nitrogen and oxygen atoms in total. The Kier molecular flexibility index (Phi) is 3.15. The molecule has 1 aliphatic carbocycles. The van der Waals surface area contributed by atoms with Gasteiger partial charge in [-0.05, 0) is 25.0 Å². The van der Waals surface area contributed by atoms with E-state index in [1.807, 2.05) is 4.40 Å². The SMILES string of the molecule is Fc1cc(F)c(-c2ncoc2-c2ccc3nnc(C4CC4)n3c2)c(F)c1. The van der Waals surface area contributed by atoms with Gasteiger partial charge in [-0.1, -0.05) is 0 Å². The van der Waals surface area contributed by atoms with Crippen molar-refractivity contribution in [1.29, 1.82) is 0 Å². The number of benzene rings is 1. The highest BCUT2D eigenvalue weighted by molar-refractivity contribution is 5.77. The van der Waals surface area contributed by atoms with Gasteiger partial charge in [0, 0.05) is 29.8 Å². The van der Waals surface area contributed by atoms with Gasteiger partial charge < -0.3 is 4.42 Å². The topological polar surface area (TPSA) is 56.2 Å². The molecule has 1 saturated carbocycles. The number of nitrogens with zero attached hydrogens (tertiary/aromatic N) is 4. The van der Waals surface area contributed by atoms with Crippen LogP contribution in [-0.4, -0.2) is 19.6 Å². The molecule has 5 rings (SSSR count). The van der Waals surface area contributed by atoms with E-state index >= 15 is 0 Å². The van der Waals surface area contributed by atoms with E-state index in [0.717, 1.165) is 25.1 Å². The van der Waals surface area contributed by atoms with Crippen LogP contribution in [0, 0.1) is 17.5 Å². The number of aromatic nitrogens is 4. The lowest BCUT2D eigenvalue weighted by Gasteiger charge is -2.06. The van der Waals surface area contributed by atoms with Crippen LogP contribution in [0.3, 0.4) is 0 Å². The van der Waals surface area contributed by atoms with Crippen molar-refractivity contribution in [2.75, 3.05) is 0 Å². The maximum absolute atomic E-state index is 14.2. The van der Waals surface area contributed by atoms with Crippen molar-refractivity contribution >= 4 is 5.65 Å². The Balaban J connectivity index is 1.68. The summed E-state index contributed by atoms with van der Waals surface area (Å²) in [5, 5.41) is 8.33. The van der Waals surface area contributed by atoms with Gasteiger partial charge in [0.1, 0.15) is 29.0 Å². The van der Waals surface area contributed by atoms with E-state index in [1.54, 1.807) is 18.3 Å². The van der Waals surface area contributed by atoms with Gasteiger partial charge in [0.2, 0.25) is 0 Å². The zero-order valence-corrected chi connectivity index (χ0v) is 13.3. The molecule has 1 fully saturated rings. The first kappa shape index (κ1) is 15.1. The highest BCUT2D eigenvalue weighted by atomic mass is 19.1. The van der Waals surface area contributed by atoms with Gasteiger partial charge in [-0.25, -0.2) is 18.2 Å². The maximum Gasteiger partial charge on any atom is 0.182 e. The van der Waals surface area contributed by atoms with E-state index in [2.05, 4.69) is 15.2 Å². The largest absolute Gasteiger partial charge is 0.443 e. The Morgan fingerprint density at radius 3 is 2.54 bits per heavy atom. The van der Waals surface area contributed by atoms with E-state index in [9.17, 15) is 13.2 Å². The Bertz CT molecular complexity index is 1120. The fourth-order valence-corrected chi connectivity index (χ4v) is 3.06. The minimum atomic E-state index is -1.04. The molecule has 0 spiro atoms. The molecule has 130 valence electrons. The van der Waals surface area contributed by atoms with Crippen molar-refractivity contribution in [3.05, 3.63) is 60.1 Å². The smallest absolute Gasteiger partial charge is 0.182 e. The van der Waals surface area contributed by atoms with Crippen LogP contribution in [0.1, 0.15) is 24.6 Å². The molecule has 0 bridgehead atoms. The number of hydrogen-bond donors (Lipinski definition) is 0. The van der Waals surface area contributed by atoms with Crippen molar-refractivity contribution < 1.29 is 17.6 Å². The third kappa shape index (κ3) is 2.29. The van der Waals surface area contributed by atoms with Crippen molar-refractivity contribution in [3.8, 4) is 22.6 Å². The fourth-order valence-electron chi connectivity index (χ4n) is 3.06. The first-order valence-corrected chi connectivity index (χ1v) is 8.05. The monoisotopic (exact) mass is 356 g/mol. The molecule has 1 aromatic carbocycles. The molecule has 0 saturated heterocycles. The average Bonchev–Trinajstić information content (AvgIpc) is 3.17. The van der Waals surface area contributed by atoms with Gasteiger partial charge in [0.05, 0.1) is 5.56 Å². The zero-order valence-electron chi connectivity index (χ0n) is 13.3. The second-order valence-corrected chi connectivity index (χ2v) is 6.25. The lowest BCUT2D eigenvalue weighted by atomic mass is 10.1. The lowest BCUT2D eigenvalue weighted by molar-refractivity contribution is 0.546. The number of pyridine rings is 1. The van der Waals surface area contributed by atoms with Crippen molar-refractivity contribution in [3.63, 3.8) is 0 Å². The number of hydrogen-bond acceptors (Lipinski definition) is 4. The molecule has 0 aliphatic heterocycles. The minimum Gasteiger partial charge on any atom is -0.443 e. The van der Waals surface area contributed by atoms with Crippen LogP contribution in [0.5, 0.6) is 0 Å². The van der Waals surface area contributed by atoms with Crippen LogP contribution in [0.4, 0.5) is 13.2 Å². The standard InChI is InChI=1S/C18H11F3N4O/c19-11-5-12(20)15(13(21)6-11)16-17(26-8-22-16)10-3-4-14-23-24-18(9-1-2-9)25(14)7-10/h3-9H,1-2H2. The van der Waals surface area contributed by atoms with Gasteiger partial charge >= 0.3 is 0 Å². The Labute approximate surface area is 145 Å². The summed E-state index contributed by atoms with van der Waals surface area (Å²) in [6.07, 6.45) is 4.98. The summed E-state index contributed by atoms with van der Waals surface area (Å²) in [6, 6.07) is 4.69. The van der Waals surface area contributed by atoms with Gasteiger partial charge in [-0.15, -0.1) is 10.2 Å². The molecule has 1 aliphatic rings. The van der Waals surface area contributed by atoms with E-state index < -0.39 is 23.0 Å². The fraction of sp³-hybridized carbons (Fsp3) is 0.167. The Hall–Kier alpha value is -3.16. The summed E-state index contributed by atoms with van der Waals surface area (Å²) in [5.41, 5.74) is 0.785. The molecular formula is C18H11F3N4O. The van der Waals surface area contributed by atoms with E-state index in [1.165, 1.54) is 0 Å². The summed E-state index contributed by atoms with van der Waals surface area (Å²) in [7, 11) is 0. The molecular weight excluding hydrogens is 345 g/mol. The number of fused-ring (bicyclic) bond motifs is 1. The molecule has 0 unspecified atom stereocenters. The molecule has 0 radical (unpaired) electrons. The molecule has 0 N–H and O–H groups in total. The second kappa shape index (κ2) is 5.42. The van der Waals surface area contributed by atoms with E-state index in [0.29, 0.717) is 29.3 Å². The van der Waals surface area contributed by atoms with Gasteiger partial charge in [0.25, 0.3) is 0 Å². The predicted molar refractivity (Wildman–Crippen MR) is 85.8 cm³/mol. The highest BCUT2D eigenvalue weighted by Gasteiger charge is 2.29. The number of rotatable bonds is 3. The van der Waals surface area contributed by atoms with E-state index in [4.69, 9.17) is 4.42 Å². The molecule has 26 heavy (non-hydrogen) atoms. The van der Waals surface area contributed by atoms with Crippen LogP contribution in [0.25, 0.3) is 28.2 Å². The number of oxazole rings is 1. The Morgan fingerprint density at radius 2 is 1.81 bits per heavy atom. The summed E-state index contributed by atoms with van der Waals surface area (Å²) in [5.74, 6) is -1.66. The summed E-state index contributed by atoms with van der Waals surface area (Å²) >= 11 is 0. The summed E-state index contributed by atoms with van der Waals surface area (Å²) in [6.45, 7) is 0. The molecule has 8 heteroatoms. The Morgan fingerprint density at radius 1 is 1.04 bits per heavy atom. The third-order valence-electron chi connectivity index (χ3n) is 4.44. The second-order valence-electron chi connectivity index (χ2n) is 6.25. The van der Waals surface area contributed by atoms with Gasteiger partial charge in [0.15, 0.2) is 17.8 Å². The maximum atomic E-state index is 14.2. The average molecular weight is 356 g/mol. The van der Waals surface area contributed by atoms with Crippen LogP contribution < -0.4 is 0 Å². The molecule has 4 aromatic rings. The summed E-state index contributed by atoms with van der Waals surface area (Å²) in [4.78, 5) is 3.94. The molecule has 0 amide bonds.